The molecule has 1 fully saturated rings. The predicted octanol–water partition coefficient (Wildman–Crippen LogP) is 4.97. The number of nitrogens with one attached hydrogen (secondary N) is 1. The Labute approximate surface area is 229 Å². The van der Waals surface area contributed by atoms with E-state index in [0.717, 1.165) is 5.56 Å². The molecule has 0 aliphatic carbocycles. The number of H-pyrrole nitrogens is 1. The number of benzene rings is 1. The second-order valence-electron chi connectivity index (χ2n) is 11.5. The summed E-state index contributed by atoms with van der Waals surface area (Å²) in [6, 6.07) is 1.82. The molecule has 1 aromatic carbocycles. The summed E-state index contributed by atoms with van der Waals surface area (Å²) in [5.74, 6) is 2.35. The van der Waals surface area contributed by atoms with E-state index in [1.165, 1.54) is 10.8 Å². The van der Waals surface area contributed by atoms with Crippen molar-refractivity contribution in [1.82, 2.24) is 9.55 Å². The average Bonchev–Trinajstić information content (AvgIpc) is 3.28. The molecule has 202 valence electrons. The van der Waals surface area contributed by atoms with Gasteiger partial charge >= 0.3 is 14.3 Å². The summed E-state index contributed by atoms with van der Waals surface area (Å²) in [4.78, 5) is 14.9. The highest BCUT2D eigenvalue weighted by Gasteiger charge is 2.45. The molecule has 4 unspecified atom stereocenters. The van der Waals surface area contributed by atoms with Crippen LogP contribution in [0.4, 0.5) is 4.39 Å². The molecule has 4 atom stereocenters. The maximum absolute atomic E-state index is 15.5. The van der Waals surface area contributed by atoms with Crippen LogP contribution in [0.25, 0.3) is 0 Å². The Morgan fingerprint density at radius 2 is 1.92 bits per heavy atom. The van der Waals surface area contributed by atoms with E-state index >= 15 is 4.39 Å². The molecule has 0 amide bonds. The average molecular weight is 560 g/mol. The number of terminal acetylenes is 1. The van der Waals surface area contributed by atoms with Crippen molar-refractivity contribution < 1.29 is 27.8 Å². The van der Waals surface area contributed by atoms with E-state index in [2.05, 4.69) is 10.9 Å². The van der Waals surface area contributed by atoms with Crippen molar-refractivity contribution >= 4 is 28.7 Å². The van der Waals surface area contributed by atoms with Crippen LogP contribution in [0.1, 0.15) is 82.9 Å². The molecule has 1 aromatic heterocycles. The van der Waals surface area contributed by atoms with Crippen LogP contribution in [0.5, 0.6) is 5.75 Å². The number of hydrogen-bond donors (Lipinski definition) is 2. The molecule has 38 heavy (non-hydrogen) atoms. The molecule has 2 aliphatic rings. The lowest BCUT2D eigenvalue weighted by atomic mass is 9.78. The van der Waals surface area contributed by atoms with Gasteiger partial charge < -0.3 is 14.4 Å². The van der Waals surface area contributed by atoms with Crippen LogP contribution < -0.4 is 10.2 Å². The zero-order chi connectivity index (χ0) is 28.2. The van der Waals surface area contributed by atoms with Gasteiger partial charge in [-0.15, -0.1) is 6.42 Å². The summed E-state index contributed by atoms with van der Waals surface area (Å²) in [5, 5.41) is 11.0. The quantitative estimate of drug-likeness (QED) is 0.179. The van der Waals surface area contributed by atoms with E-state index in [1.807, 2.05) is 47.6 Å². The molecule has 3 heterocycles. The van der Waals surface area contributed by atoms with Gasteiger partial charge in [-0.2, -0.15) is 0 Å². The van der Waals surface area contributed by atoms with Crippen molar-refractivity contribution in [1.29, 1.82) is 0 Å². The lowest BCUT2D eigenvalue weighted by molar-refractivity contribution is -0.172. The third-order valence-electron chi connectivity index (χ3n) is 6.52. The summed E-state index contributed by atoms with van der Waals surface area (Å²) in [6.45, 7) is 11.7. The molecule has 2 radical (unpaired) electrons. The normalized spacial score (nSPS) is 23.3. The maximum Gasteiger partial charge on any atom is 0.399 e. The van der Waals surface area contributed by atoms with Gasteiger partial charge in [0.15, 0.2) is 13.5 Å². The Hall–Kier alpha value is -2.06. The smallest absolute Gasteiger partial charge is 0.399 e. The number of rotatable bonds is 4. The van der Waals surface area contributed by atoms with Gasteiger partial charge in [0.25, 0.3) is 0 Å². The van der Waals surface area contributed by atoms with E-state index in [4.69, 9.17) is 44.8 Å². The first-order chi connectivity index (χ1) is 17.5. The number of hydrogen-bond acceptors (Lipinski definition) is 7. The minimum Gasteiger partial charge on any atom is -0.426 e. The highest BCUT2D eigenvalue weighted by molar-refractivity contribution is 7.71. The van der Waals surface area contributed by atoms with Crippen LogP contribution in [0.2, 0.25) is 0 Å². The fraction of sp³-hybridized carbons (Fsp3) is 0.538. The molecule has 4 rings (SSSR count). The van der Waals surface area contributed by atoms with Crippen molar-refractivity contribution in [2.75, 3.05) is 0 Å². The summed E-state index contributed by atoms with van der Waals surface area (Å²) in [5.41, 5.74) is -1.65. The first kappa shape index (κ1) is 28.9. The van der Waals surface area contributed by atoms with Crippen LogP contribution in [0.3, 0.4) is 0 Å². The zero-order valence-electron chi connectivity index (χ0n) is 22.3. The molecule has 12 heteroatoms. The Morgan fingerprint density at radius 1 is 1.26 bits per heavy atom. The van der Waals surface area contributed by atoms with E-state index in [1.54, 1.807) is 0 Å². The molecule has 2 N–H and O–H groups in total. The van der Waals surface area contributed by atoms with Crippen LogP contribution in [0, 0.1) is 22.8 Å². The Kier molecular flexibility index (Phi) is 7.74. The fourth-order valence-electron chi connectivity index (χ4n) is 4.41. The Morgan fingerprint density at radius 3 is 2.53 bits per heavy atom. The molecular weight excluding hydrogens is 529 g/mol. The number of fused-ring (bicyclic) bond motifs is 1. The second kappa shape index (κ2) is 10.2. The van der Waals surface area contributed by atoms with E-state index in [-0.39, 0.29) is 28.9 Å². The lowest BCUT2D eigenvalue weighted by Gasteiger charge is -2.37. The van der Waals surface area contributed by atoms with E-state index < -0.39 is 37.7 Å². The third-order valence-corrected chi connectivity index (χ3v) is 7.95. The second-order valence-corrected chi connectivity index (χ2v) is 13.0. The zero-order valence-corrected chi connectivity index (χ0v) is 24.0. The van der Waals surface area contributed by atoms with Crippen molar-refractivity contribution in [3.05, 3.63) is 55.5 Å². The maximum atomic E-state index is 15.5. The van der Waals surface area contributed by atoms with Gasteiger partial charge in [0.05, 0.1) is 17.7 Å². The van der Waals surface area contributed by atoms with Crippen molar-refractivity contribution in [2.24, 2.45) is 0 Å². The molecule has 1 saturated heterocycles. The van der Waals surface area contributed by atoms with Crippen molar-refractivity contribution in [3.8, 4) is 18.1 Å². The molecule has 0 saturated carbocycles. The number of halogens is 1. The number of aromatic amines is 1. The molecule has 2 aromatic rings. The third kappa shape index (κ3) is 5.62. The SMILES string of the molecule is [B]C(O)(OP1OCc2c(F)c(C(C)(C)C)cc(C(C)(C)C)c2O1)C1CCC(n2cc(C#C)c(=S)[nH]c2=O)O1. The van der Waals surface area contributed by atoms with Gasteiger partial charge in [-0.25, -0.2) is 9.18 Å². The van der Waals surface area contributed by atoms with Crippen LogP contribution >= 0.6 is 20.8 Å². The van der Waals surface area contributed by atoms with Crippen molar-refractivity contribution in [3.63, 3.8) is 0 Å². The van der Waals surface area contributed by atoms with Gasteiger partial charge in [0.2, 0.25) is 0 Å². The minimum absolute atomic E-state index is 0.113. The molecular formula is C26H31BFN2O6PS. The lowest BCUT2D eigenvalue weighted by Crippen LogP contribution is -2.45. The monoisotopic (exact) mass is 560 g/mol. The van der Waals surface area contributed by atoms with Gasteiger partial charge in [0.1, 0.15) is 28.5 Å². The highest BCUT2D eigenvalue weighted by atomic mass is 32.1. The van der Waals surface area contributed by atoms with Crippen LogP contribution in [-0.2, 0) is 31.2 Å². The Bertz CT molecular complexity index is 1410. The van der Waals surface area contributed by atoms with Crippen LogP contribution in [-0.4, -0.2) is 34.3 Å². The summed E-state index contributed by atoms with van der Waals surface area (Å²) >= 11 is 5.06. The highest BCUT2D eigenvalue weighted by Crippen LogP contribution is 2.54. The first-order valence-electron chi connectivity index (χ1n) is 12.2. The number of nitrogens with zero attached hydrogens (tertiary/aromatic N) is 1. The summed E-state index contributed by atoms with van der Waals surface area (Å²) in [6.07, 6.45) is 5.71. The molecule has 2 aliphatic heterocycles. The van der Waals surface area contributed by atoms with Gasteiger partial charge in [-0.3, -0.25) is 18.6 Å². The first-order valence-corrected chi connectivity index (χ1v) is 13.7. The van der Waals surface area contributed by atoms with Gasteiger partial charge in [-0.05, 0) is 35.3 Å². The van der Waals surface area contributed by atoms with Gasteiger partial charge in [-0.1, -0.05) is 59.7 Å². The van der Waals surface area contributed by atoms with Gasteiger partial charge in [0, 0.05) is 11.8 Å². The van der Waals surface area contributed by atoms with E-state index in [9.17, 15) is 9.90 Å². The minimum atomic E-state index is -2.32. The molecule has 0 bridgehead atoms. The number of aliphatic hydroxyl groups is 1. The topological polar surface area (TPSA) is 94.9 Å². The summed E-state index contributed by atoms with van der Waals surface area (Å²) < 4.78 is 40.1. The standard InChI is InChI=1S/C26H31BFN2O6PS/c1-8-14-12-30(23(31)29-22(14)38)19-10-9-18(34-19)26(27,32)36-37-33-13-15-20(28)16(24(2,3)4)11-17(21(15)35-37)25(5,6)7/h1,11-12,18-19,32H,9-10,13H2,2-7H3,(H,29,31,38). The number of aromatic nitrogens is 2. The molecule has 0 spiro atoms. The van der Waals surface area contributed by atoms with Crippen molar-refractivity contribution in [2.45, 2.75) is 89.8 Å². The summed E-state index contributed by atoms with van der Waals surface area (Å²) in [7, 11) is 3.91. The fourth-order valence-corrected chi connectivity index (χ4v) is 5.70. The predicted molar refractivity (Wildman–Crippen MR) is 145 cm³/mol. The van der Waals surface area contributed by atoms with E-state index in [0.29, 0.717) is 28.9 Å². The number of ether oxygens (including phenoxy) is 1. The Balaban J connectivity index is 1.55. The molecule has 8 nitrogen and oxygen atoms in total. The largest absolute Gasteiger partial charge is 0.426 e. The van der Waals surface area contributed by atoms with Crippen LogP contribution in [0.15, 0.2) is 17.1 Å².